The van der Waals surface area contributed by atoms with Gasteiger partial charge in [0.05, 0.1) is 11.4 Å². The Morgan fingerprint density at radius 3 is 2.62 bits per heavy atom. The second-order valence-corrected chi connectivity index (χ2v) is 7.93. The van der Waals surface area contributed by atoms with E-state index in [9.17, 15) is 14.7 Å². The molecule has 1 heterocycles. The van der Waals surface area contributed by atoms with Crippen LogP contribution in [-0.4, -0.2) is 45.1 Å². The van der Waals surface area contributed by atoms with Gasteiger partial charge in [0.25, 0.3) is 5.91 Å². The van der Waals surface area contributed by atoms with Crippen LogP contribution in [0, 0.1) is 13.8 Å². The van der Waals surface area contributed by atoms with Crippen LogP contribution < -0.4 is 5.43 Å². The van der Waals surface area contributed by atoms with E-state index in [0.29, 0.717) is 24.2 Å². The number of para-hydroxylation sites is 1. The minimum absolute atomic E-state index is 0.0359. The fourth-order valence-electron chi connectivity index (χ4n) is 3.55. The van der Waals surface area contributed by atoms with Crippen molar-refractivity contribution in [1.82, 2.24) is 5.01 Å². The zero-order valence-corrected chi connectivity index (χ0v) is 18.6. The summed E-state index contributed by atoms with van der Waals surface area (Å²) in [5.41, 5.74) is 8.22. The first-order chi connectivity index (χ1) is 15.3. The molecular formula is C24H28N4O4. The number of nitrogens with one attached hydrogen (secondary N) is 1. The van der Waals surface area contributed by atoms with Crippen LogP contribution in [0.3, 0.4) is 0 Å². The zero-order chi connectivity index (χ0) is 23.3. The van der Waals surface area contributed by atoms with E-state index in [1.807, 2.05) is 12.1 Å². The van der Waals surface area contributed by atoms with Gasteiger partial charge in [-0.2, -0.15) is 10.2 Å². The largest absolute Gasteiger partial charge is 0.505 e. The van der Waals surface area contributed by atoms with Crippen LogP contribution >= 0.6 is 0 Å². The molecule has 8 nitrogen and oxygen atoms in total. The summed E-state index contributed by atoms with van der Waals surface area (Å²) in [4.78, 5) is 23.2. The number of carboxylic acids is 1. The van der Waals surface area contributed by atoms with E-state index < -0.39 is 11.9 Å². The van der Waals surface area contributed by atoms with Crippen LogP contribution in [-0.2, 0) is 22.4 Å². The van der Waals surface area contributed by atoms with Crippen LogP contribution in [0.25, 0.3) is 0 Å². The molecule has 0 spiro atoms. The molecule has 168 valence electrons. The summed E-state index contributed by atoms with van der Waals surface area (Å²) in [5, 5.41) is 29.0. The van der Waals surface area contributed by atoms with Gasteiger partial charge in [-0.25, -0.2) is 5.01 Å². The highest BCUT2D eigenvalue weighted by Gasteiger charge is 2.29. The Balaban J connectivity index is 1.67. The summed E-state index contributed by atoms with van der Waals surface area (Å²) in [6, 6.07) is 11.7. The summed E-state index contributed by atoms with van der Waals surface area (Å²) in [5.74, 6) is -1.22. The van der Waals surface area contributed by atoms with Gasteiger partial charge in [0.1, 0.15) is 5.75 Å². The van der Waals surface area contributed by atoms with Gasteiger partial charge < -0.3 is 10.2 Å². The van der Waals surface area contributed by atoms with E-state index in [-0.39, 0.29) is 24.4 Å². The van der Waals surface area contributed by atoms with Crippen molar-refractivity contribution >= 4 is 29.0 Å². The molecule has 0 saturated heterocycles. The number of hydrogen-bond acceptors (Lipinski definition) is 6. The molecule has 0 atom stereocenters. The normalized spacial score (nSPS) is 14.7. The predicted octanol–water partition coefficient (Wildman–Crippen LogP) is 3.65. The molecular weight excluding hydrogens is 408 g/mol. The van der Waals surface area contributed by atoms with E-state index in [2.05, 4.69) is 47.7 Å². The molecule has 2 aromatic carbocycles. The predicted molar refractivity (Wildman–Crippen MR) is 124 cm³/mol. The molecule has 0 saturated carbocycles. The molecule has 0 fully saturated rings. The molecule has 3 N–H and O–H groups in total. The molecule has 8 heteroatoms. The van der Waals surface area contributed by atoms with E-state index in [1.165, 1.54) is 21.7 Å². The van der Waals surface area contributed by atoms with Gasteiger partial charge in [-0.05, 0) is 62.8 Å². The molecule has 3 rings (SSSR count). The Kier molecular flexibility index (Phi) is 7.25. The Labute approximate surface area is 187 Å². The first-order valence-corrected chi connectivity index (χ1v) is 10.6. The third kappa shape index (κ3) is 5.51. The number of benzene rings is 2. The number of carbonyl (C=O) groups is 2. The highest BCUT2D eigenvalue weighted by atomic mass is 16.4. The lowest BCUT2D eigenvalue weighted by Crippen LogP contribution is -2.29. The number of carbonyl (C=O) groups excluding carboxylic acids is 1. The SMILES string of the molecule is CC1=NN(CCCC(=O)O)C(=O)/C1=N\Nc1cccc(CCc2cc(C)ccc2C)c1O. The number of carboxylic acid groups (broad SMARTS) is 1. The molecule has 0 aromatic heterocycles. The average Bonchev–Trinajstić information content (AvgIpc) is 3.01. The van der Waals surface area contributed by atoms with Gasteiger partial charge in [0.15, 0.2) is 5.71 Å². The number of hydrogen-bond donors (Lipinski definition) is 3. The number of aliphatic carboxylic acids is 1. The topological polar surface area (TPSA) is 115 Å². The Morgan fingerprint density at radius 1 is 1.12 bits per heavy atom. The Hall–Kier alpha value is -3.68. The van der Waals surface area contributed by atoms with E-state index >= 15 is 0 Å². The summed E-state index contributed by atoms with van der Waals surface area (Å²) >= 11 is 0. The number of aromatic hydroxyl groups is 1. The number of phenols is 1. The van der Waals surface area contributed by atoms with Gasteiger partial charge >= 0.3 is 5.97 Å². The van der Waals surface area contributed by atoms with Crippen LogP contribution in [0.4, 0.5) is 5.69 Å². The monoisotopic (exact) mass is 436 g/mol. The van der Waals surface area contributed by atoms with E-state index in [0.717, 1.165) is 12.0 Å². The van der Waals surface area contributed by atoms with Crippen LogP contribution in [0.5, 0.6) is 5.75 Å². The zero-order valence-electron chi connectivity index (χ0n) is 18.6. The molecule has 0 unspecified atom stereocenters. The maximum absolute atomic E-state index is 12.5. The number of anilines is 1. The number of hydrazone groups is 2. The second kappa shape index (κ2) is 10.1. The van der Waals surface area contributed by atoms with Crippen molar-refractivity contribution in [3.05, 3.63) is 58.7 Å². The lowest BCUT2D eigenvalue weighted by molar-refractivity contribution is -0.137. The van der Waals surface area contributed by atoms with Crippen molar-refractivity contribution in [1.29, 1.82) is 0 Å². The number of amides is 1. The second-order valence-electron chi connectivity index (χ2n) is 7.93. The third-order valence-electron chi connectivity index (χ3n) is 5.39. The maximum Gasteiger partial charge on any atom is 0.303 e. The van der Waals surface area contributed by atoms with E-state index in [1.54, 1.807) is 13.0 Å². The molecule has 1 aliphatic rings. The molecule has 0 aliphatic carbocycles. The molecule has 0 bridgehead atoms. The van der Waals surface area contributed by atoms with Gasteiger partial charge in [0.2, 0.25) is 0 Å². The lowest BCUT2D eigenvalue weighted by Gasteiger charge is -2.12. The van der Waals surface area contributed by atoms with Crippen molar-refractivity contribution in [3.8, 4) is 5.75 Å². The van der Waals surface area contributed by atoms with Gasteiger partial charge in [0, 0.05) is 13.0 Å². The number of nitrogens with zero attached hydrogens (tertiary/aromatic N) is 3. The van der Waals surface area contributed by atoms with Crippen molar-refractivity contribution in [3.63, 3.8) is 0 Å². The Bertz CT molecular complexity index is 1090. The standard InChI is InChI=1S/C24H28N4O4/c1-15-9-10-16(2)19(14-15)12-11-18-6-4-7-20(23(18)31)25-26-22-17(3)27-28(24(22)32)13-5-8-21(29)30/h4,6-7,9-10,14,25,31H,5,8,11-13H2,1-3H3,(H,29,30)/b26-22-. The van der Waals surface area contributed by atoms with E-state index in [4.69, 9.17) is 5.11 Å². The molecule has 0 radical (unpaired) electrons. The molecule has 1 aliphatic heterocycles. The Morgan fingerprint density at radius 2 is 1.88 bits per heavy atom. The summed E-state index contributed by atoms with van der Waals surface area (Å²) in [6.45, 7) is 6.01. The highest BCUT2D eigenvalue weighted by molar-refractivity contribution is 6.68. The van der Waals surface area contributed by atoms with Crippen molar-refractivity contribution < 1.29 is 19.8 Å². The number of aryl methyl sites for hydroxylation is 4. The minimum Gasteiger partial charge on any atom is -0.505 e. The summed E-state index contributed by atoms with van der Waals surface area (Å²) < 4.78 is 0. The quantitative estimate of drug-likeness (QED) is 0.410. The average molecular weight is 437 g/mol. The fraction of sp³-hybridized carbons (Fsp3) is 0.333. The smallest absolute Gasteiger partial charge is 0.303 e. The number of phenolic OH excluding ortho intramolecular Hbond substituents is 1. The maximum atomic E-state index is 12.5. The van der Waals surface area contributed by atoms with Gasteiger partial charge in [-0.1, -0.05) is 35.9 Å². The highest BCUT2D eigenvalue weighted by Crippen LogP contribution is 2.29. The fourth-order valence-corrected chi connectivity index (χ4v) is 3.55. The minimum atomic E-state index is -0.916. The molecule has 2 aromatic rings. The first-order valence-electron chi connectivity index (χ1n) is 10.6. The van der Waals surface area contributed by atoms with Crippen molar-refractivity contribution in [2.24, 2.45) is 10.2 Å². The van der Waals surface area contributed by atoms with Crippen molar-refractivity contribution in [2.45, 2.75) is 46.5 Å². The van der Waals surface area contributed by atoms with Crippen LogP contribution in [0.15, 0.2) is 46.6 Å². The van der Waals surface area contributed by atoms with Gasteiger partial charge in [-0.3, -0.25) is 15.0 Å². The molecule has 1 amide bonds. The molecule has 32 heavy (non-hydrogen) atoms. The van der Waals surface area contributed by atoms with Crippen LogP contribution in [0.2, 0.25) is 0 Å². The van der Waals surface area contributed by atoms with Gasteiger partial charge in [-0.15, -0.1) is 0 Å². The number of rotatable bonds is 9. The van der Waals surface area contributed by atoms with Crippen LogP contribution in [0.1, 0.15) is 42.0 Å². The first kappa shape index (κ1) is 23.0. The summed E-state index contributed by atoms with van der Waals surface area (Å²) in [7, 11) is 0. The third-order valence-corrected chi connectivity index (χ3v) is 5.39. The lowest BCUT2D eigenvalue weighted by atomic mass is 9.98. The van der Waals surface area contributed by atoms with Crippen molar-refractivity contribution in [2.75, 3.05) is 12.0 Å². The summed E-state index contributed by atoms with van der Waals surface area (Å²) in [6.07, 6.45) is 1.74.